The average molecular weight is 858 g/mol. The van der Waals surface area contributed by atoms with Gasteiger partial charge >= 0.3 is 5.97 Å². The molecule has 344 valence electrons. The van der Waals surface area contributed by atoms with E-state index in [0.717, 1.165) is 51.4 Å². The van der Waals surface area contributed by atoms with Crippen molar-refractivity contribution in [1.82, 2.24) is 0 Å². The number of Topliss-reactive ketones (excluding diaryl/α,β-unsaturated/α-hetero) is 1. The molecular weight excluding hydrogens is 773 g/mol. The first-order chi connectivity index (χ1) is 28.2. The van der Waals surface area contributed by atoms with Crippen molar-refractivity contribution in [3.8, 4) is 0 Å². The molecule has 1 unspecified atom stereocenters. The van der Waals surface area contributed by atoms with Gasteiger partial charge in [-0.3, -0.25) is 14.2 Å². The quantitative estimate of drug-likeness (QED) is 0.0136. The predicted molar refractivity (Wildman–Crippen MR) is 233 cm³/mol. The van der Waals surface area contributed by atoms with Crippen LogP contribution in [-0.4, -0.2) is 103 Å². The first kappa shape index (κ1) is 55.1. The summed E-state index contributed by atoms with van der Waals surface area (Å²) >= 11 is 0. The molecule has 0 aromatic carbocycles. The lowest BCUT2D eigenvalue weighted by molar-refractivity contribution is -0.870. The van der Waals surface area contributed by atoms with E-state index >= 15 is 0 Å². The van der Waals surface area contributed by atoms with E-state index in [1.807, 2.05) is 27.2 Å². The van der Waals surface area contributed by atoms with E-state index < -0.39 is 50.0 Å². The van der Waals surface area contributed by atoms with Gasteiger partial charge in [0.2, 0.25) is 0 Å². The Labute approximate surface area is 358 Å². The van der Waals surface area contributed by atoms with Crippen molar-refractivity contribution in [3.05, 3.63) is 36.6 Å². The highest BCUT2D eigenvalue weighted by Crippen LogP contribution is 2.39. The summed E-state index contributed by atoms with van der Waals surface area (Å²) in [5, 5.41) is 31.3. The fourth-order valence-corrected chi connectivity index (χ4v) is 7.72. The molecule has 0 radical (unpaired) electrons. The van der Waals surface area contributed by atoms with Crippen molar-refractivity contribution >= 4 is 19.6 Å². The summed E-state index contributed by atoms with van der Waals surface area (Å²) < 4.78 is 34.2. The van der Waals surface area contributed by atoms with Crippen LogP contribution in [0, 0.1) is 11.8 Å². The maximum atomic E-state index is 12.9. The van der Waals surface area contributed by atoms with Crippen LogP contribution in [0.5, 0.6) is 0 Å². The van der Waals surface area contributed by atoms with Crippen LogP contribution >= 0.6 is 7.82 Å². The van der Waals surface area contributed by atoms with Crippen molar-refractivity contribution in [1.29, 1.82) is 0 Å². The molecule has 59 heavy (non-hydrogen) atoms. The van der Waals surface area contributed by atoms with Gasteiger partial charge in [0.05, 0.1) is 52.3 Å². The number of phosphoric acid groups is 1. The summed E-state index contributed by atoms with van der Waals surface area (Å²) in [5.74, 6) is -1.41. The van der Waals surface area contributed by atoms with E-state index in [0.29, 0.717) is 30.3 Å². The van der Waals surface area contributed by atoms with E-state index in [9.17, 15) is 34.4 Å². The third kappa shape index (κ3) is 30.7. The normalized spacial score (nSPS) is 20.8. The second kappa shape index (κ2) is 33.7. The highest BCUT2D eigenvalue weighted by atomic mass is 31.2. The molecular formula is C46H84NO11P. The number of aliphatic hydroxyl groups is 3. The first-order valence-corrected chi connectivity index (χ1v) is 24.4. The Hall–Kier alpha value is -1.89. The molecule has 0 aromatic rings. The minimum absolute atomic E-state index is 0.0349. The van der Waals surface area contributed by atoms with Crippen molar-refractivity contribution in [2.45, 2.75) is 186 Å². The third-order valence-corrected chi connectivity index (χ3v) is 11.7. The Morgan fingerprint density at radius 3 is 2.02 bits per heavy atom. The zero-order chi connectivity index (χ0) is 43.8. The van der Waals surface area contributed by atoms with Crippen molar-refractivity contribution in [3.63, 3.8) is 0 Å². The minimum Gasteiger partial charge on any atom is -0.756 e. The largest absolute Gasteiger partial charge is 0.756 e. The number of carbonyl (C=O) groups is 2. The van der Waals surface area contributed by atoms with Crippen LogP contribution in [0.25, 0.3) is 0 Å². The lowest BCUT2D eigenvalue weighted by Crippen LogP contribution is -2.37. The van der Waals surface area contributed by atoms with E-state index in [1.165, 1.54) is 57.6 Å². The summed E-state index contributed by atoms with van der Waals surface area (Å²) in [6.45, 7) is 4.15. The standard InChI is InChI=1S/C46H84NO11P/c1-6-8-10-11-12-13-14-15-16-17-18-19-20-21-22-26-33-55-41(38-58-59(53,54)57-34-32-47(3,4)5)37-56-46(52)29-25-24-28-40(49)35-43-42(44(50)36-45(43)51)31-30-39(48)27-23-9-7-2/h15-16,26,30-31,33,39,41-45,48,50-51H,6-14,17-25,27-29,32,34-38H2,1-5H3/b16-15-,31-30+,33-26+/t39-,41+,42+,43+,44+,45-/m0/s1. The van der Waals surface area contributed by atoms with Gasteiger partial charge in [0, 0.05) is 37.5 Å². The summed E-state index contributed by atoms with van der Waals surface area (Å²) in [5.41, 5.74) is 0. The molecule has 0 aliphatic heterocycles. The van der Waals surface area contributed by atoms with E-state index in [-0.39, 0.29) is 51.3 Å². The molecule has 1 aliphatic rings. The number of ketones is 1. The Bertz CT molecular complexity index is 1220. The summed E-state index contributed by atoms with van der Waals surface area (Å²) in [6, 6.07) is 0. The van der Waals surface area contributed by atoms with Crippen molar-refractivity contribution in [2.24, 2.45) is 11.8 Å². The molecule has 0 heterocycles. The van der Waals surface area contributed by atoms with Crippen LogP contribution in [0.3, 0.4) is 0 Å². The zero-order valence-electron chi connectivity index (χ0n) is 37.5. The number of unbranched alkanes of at least 4 members (excludes halogenated alkanes) is 14. The minimum atomic E-state index is -4.61. The van der Waals surface area contributed by atoms with Gasteiger partial charge in [0.1, 0.15) is 25.5 Å². The van der Waals surface area contributed by atoms with Gasteiger partial charge in [-0.05, 0) is 63.9 Å². The second-order valence-electron chi connectivity index (χ2n) is 17.4. The van der Waals surface area contributed by atoms with Crippen molar-refractivity contribution in [2.75, 3.05) is 47.5 Å². The van der Waals surface area contributed by atoms with E-state index in [4.69, 9.17) is 18.5 Å². The first-order valence-electron chi connectivity index (χ1n) is 22.9. The zero-order valence-corrected chi connectivity index (χ0v) is 38.4. The van der Waals surface area contributed by atoms with Crippen molar-refractivity contribution < 1.29 is 57.4 Å². The van der Waals surface area contributed by atoms with Crippen LogP contribution in [0.2, 0.25) is 0 Å². The fraction of sp³-hybridized carbons (Fsp3) is 0.826. The number of aliphatic hydroxyl groups excluding tert-OH is 3. The molecule has 1 aliphatic carbocycles. The number of carbonyl (C=O) groups excluding carboxylic acids is 2. The maximum absolute atomic E-state index is 12.9. The lowest BCUT2D eigenvalue weighted by atomic mass is 9.87. The van der Waals surface area contributed by atoms with Crippen LogP contribution in [0.15, 0.2) is 36.6 Å². The van der Waals surface area contributed by atoms with E-state index in [2.05, 4.69) is 26.0 Å². The highest BCUT2D eigenvalue weighted by Gasteiger charge is 2.41. The number of hydrogen-bond donors (Lipinski definition) is 3. The topological polar surface area (TPSA) is 172 Å². The number of ether oxygens (including phenoxy) is 2. The number of likely N-dealkylation sites (N-methyl/N-ethyl adjacent to an activating group) is 1. The molecule has 12 nitrogen and oxygen atoms in total. The molecule has 0 amide bonds. The van der Waals surface area contributed by atoms with Gasteiger partial charge < -0.3 is 43.2 Å². The predicted octanol–water partition coefficient (Wildman–Crippen LogP) is 8.66. The summed E-state index contributed by atoms with van der Waals surface area (Å²) in [6.07, 6.45) is 28.8. The molecule has 0 spiro atoms. The maximum Gasteiger partial charge on any atom is 0.305 e. The molecule has 1 rings (SSSR count). The number of quaternary nitrogens is 1. The number of hydrogen-bond acceptors (Lipinski definition) is 11. The van der Waals surface area contributed by atoms with Gasteiger partial charge in [-0.15, -0.1) is 0 Å². The van der Waals surface area contributed by atoms with Gasteiger partial charge in [-0.25, -0.2) is 0 Å². The van der Waals surface area contributed by atoms with Crippen LogP contribution < -0.4 is 4.89 Å². The monoisotopic (exact) mass is 858 g/mol. The Morgan fingerprint density at radius 2 is 1.37 bits per heavy atom. The number of allylic oxidation sites excluding steroid dienone is 3. The molecule has 3 N–H and O–H groups in total. The molecule has 0 saturated heterocycles. The number of nitrogens with zero attached hydrogens (tertiary/aromatic N) is 1. The van der Waals surface area contributed by atoms with E-state index in [1.54, 1.807) is 12.2 Å². The summed E-state index contributed by atoms with van der Waals surface area (Å²) in [4.78, 5) is 37.9. The van der Waals surface area contributed by atoms with Gasteiger partial charge in [0.15, 0.2) is 6.10 Å². The molecule has 1 fully saturated rings. The molecule has 0 bridgehead atoms. The van der Waals surface area contributed by atoms with Crippen LogP contribution in [0.1, 0.15) is 162 Å². The fourth-order valence-electron chi connectivity index (χ4n) is 6.99. The van der Waals surface area contributed by atoms with Crippen LogP contribution in [-0.2, 0) is 32.7 Å². The smallest absolute Gasteiger partial charge is 0.305 e. The Balaban J connectivity index is 2.49. The number of phosphoric ester groups is 1. The lowest BCUT2D eigenvalue weighted by Gasteiger charge is -2.28. The van der Waals surface area contributed by atoms with Gasteiger partial charge in [0.25, 0.3) is 7.82 Å². The summed E-state index contributed by atoms with van der Waals surface area (Å²) in [7, 11) is 1.15. The number of rotatable bonds is 38. The van der Waals surface area contributed by atoms with Crippen LogP contribution in [0.4, 0.5) is 0 Å². The molecule has 13 heteroatoms. The SMILES string of the molecule is CCCCCCCC/C=C\CCCCCC/C=C/O[C@H](COC(=O)CCCCC(=O)C[C@@H]1[C@@H](/C=C/[C@@H](O)CCCCC)[C@H](O)C[C@@H]1O)COP(=O)([O-])OCC[N+](C)(C)C. The Morgan fingerprint density at radius 1 is 0.780 bits per heavy atom. The third-order valence-electron chi connectivity index (χ3n) is 10.7. The highest BCUT2D eigenvalue weighted by molar-refractivity contribution is 7.45. The second-order valence-corrected chi connectivity index (χ2v) is 18.8. The molecule has 7 atom stereocenters. The average Bonchev–Trinajstić information content (AvgIpc) is 3.44. The van der Waals surface area contributed by atoms with Gasteiger partial charge in [-0.1, -0.05) is 102 Å². The molecule has 0 aromatic heterocycles. The van der Waals surface area contributed by atoms with Gasteiger partial charge in [-0.2, -0.15) is 0 Å². The molecule has 1 saturated carbocycles. The Kier molecular flexibility index (Phi) is 31.5. The number of esters is 1.